The highest BCUT2D eigenvalue weighted by atomic mass is 14.8. The van der Waals surface area contributed by atoms with Crippen LogP contribution in [-0.2, 0) is 6.54 Å². The summed E-state index contributed by atoms with van der Waals surface area (Å²) in [5.74, 6) is 0. The normalized spacial score (nSPS) is 9.71. The summed E-state index contributed by atoms with van der Waals surface area (Å²) in [6.07, 6.45) is 2.62. The van der Waals surface area contributed by atoms with Gasteiger partial charge in [0.2, 0.25) is 0 Å². The van der Waals surface area contributed by atoms with Gasteiger partial charge in [-0.15, -0.1) is 0 Å². The van der Waals surface area contributed by atoms with Gasteiger partial charge in [-0.05, 0) is 37.2 Å². The first-order valence-corrected chi connectivity index (χ1v) is 4.62. The molecule has 0 spiro atoms. The van der Waals surface area contributed by atoms with Gasteiger partial charge >= 0.3 is 0 Å². The first-order valence-electron chi connectivity index (χ1n) is 4.62. The standard InChI is InChI=1S/C10H14N4/c11-3-1-4-13-8-9-2-5-14-10(6-9)7-12/h2,5-6,13H,1,3-4,8,11H2. The summed E-state index contributed by atoms with van der Waals surface area (Å²) in [5, 5.41) is 11.9. The van der Waals surface area contributed by atoms with Gasteiger partial charge in [-0.25, -0.2) is 4.98 Å². The number of hydrogen-bond donors (Lipinski definition) is 2. The van der Waals surface area contributed by atoms with Gasteiger partial charge in [-0.1, -0.05) is 0 Å². The maximum Gasteiger partial charge on any atom is 0.140 e. The van der Waals surface area contributed by atoms with Gasteiger partial charge in [0, 0.05) is 12.7 Å². The molecule has 4 nitrogen and oxygen atoms in total. The molecule has 0 amide bonds. The molecule has 0 aromatic carbocycles. The number of nitrogens with zero attached hydrogens (tertiary/aromatic N) is 2. The van der Waals surface area contributed by atoms with Crippen LogP contribution in [0.5, 0.6) is 0 Å². The van der Waals surface area contributed by atoms with Crippen molar-refractivity contribution >= 4 is 0 Å². The summed E-state index contributed by atoms with van der Waals surface area (Å²) in [5.41, 5.74) is 6.90. The molecule has 1 rings (SSSR count). The fourth-order valence-electron chi connectivity index (χ4n) is 1.11. The molecule has 0 saturated heterocycles. The lowest BCUT2D eigenvalue weighted by Crippen LogP contribution is -2.17. The topological polar surface area (TPSA) is 74.7 Å². The second kappa shape index (κ2) is 6.08. The predicted molar refractivity (Wildman–Crippen MR) is 54.3 cm³/mol. The molecule has 0 unspecified atom stereocenters. The first-order chi connectivity index (χ1) is 6.86. The minimum Gasteiger partial charge on any atom is -0.330 e. The summed E-state index contributed by atoms with van der Waals surface area (Å²) < 4.78 is 0. The molecule has 0 aliphatic rings. The van der Waals surface area contributed by atoms with Gasteiger partial charge in [0.1, 0.15) is 11.8 Å². The minimum atomic E-state index is 0.461. The molecule has 0 bridgehead atoms. The van der Waals surface area contributed by atoms with Gasteiger partial charge in [-0.3, -0.25) is 0 Å². The third kappa shape index (κ3) is 3.52. The lowest BCUT2D eigenvalue weighted by Gasteiger charge is -2.03. The molecule has 1 aromatic heterocycles. The zero-order valence-electron chi connectivity index (χ0n) is 8.03. The van der Waals surface area contributed by atoms with Crippen LogP contribution in [0.25, 0.3) is 0 Å². The van der Waals surface area contributed by atoms with E-state index in [2.05, 4.69) is 10.3 Å². The highest BCUT2D eigenvalue weighted by Crippen LogP contribution is 1.99. The van der Waals surface area contributed by atoms with Crippen LogP contribution >= 0.6 is 0 Å². The number of nitrogens with one attached hydrogen (secondary N) is 1. The fourth-order valence-corrected chi connectivity index (χ4v) is 1.11. The summed E-state index contributed by atoms with van der Waals surface area (Å²) >= 11 is 0. The summed E-state index contributed by atoms with van der Waals surface area (Å²) in [6, 6.07) is 5.70. The molecule has 0 saturated carbocycles. The second-order valence-electron chi connectivity index (χ2n) is 2.98. The number of nitrogens with two attached hydrogens (primary N) is 1. The van der Waals surface area contributed by atoms with Crippen molar-refractivity contribution in [2.45, 2.75) is 13.0 Å². The molecule has 0 aliphatic heterocycles. The van der Waals surface area contributed by atoms with Crippen molar-refractivity contribution < 1.29 is 0 Å². The molecule has 0 radical (unpaired) electrons. The Morgan fingerprint density at radius 2 is 2.43 bits per heavy atom. The molecule has 14 heavy (non-hydrogen) atoms. The molecule has 1 aromatic rings. The van der Waals surface area contributed by atoms with E-state index in [0.717, 1.165) is 25.1 Å². The Balaban J connectivity index is 2.39. The van der Waals surface area contributed by atoms with Crippen LogP contribution in [-0.4, -0.2) is 18.1 Å². The van der Waals surface area contributed by atoms with Crippen molar-refractivity contribution in [2.75, 3.05) is 13.1 Å². The van der Waals surface area contributed by atoms with E-state index in [9.17, 15) is 0 Å². The average Bonchev–Trinajstić information content (AvgIpc) is 2.25. The molecular formula is C10H14N4. The molecule has 0 fully saturated rings. The van der Waals surface area contributed by atoms with Gasteiger partial charge in [-0.2, -0.15) is 5.26 Å². The van der Waals surface area contributed by atoms with Crippen LogP contribution in [0.4, 0.5) is 0 Å². The smallest absolute Gasteiger partial charge is 0.140 e. The molecule has 0 aliphatic carbocycles. The zero-order valence-corrected chi connectivity index (χ0v) is 8.03. The van der Waals surface area contributed by atoms with Crippen LogP contribution in [0.3, 0.4) is 0 Å². The van der Waals surface area contributed by atoms with Crippen molar-refractivity contribution in [1.82, 2.24) is 10.3 Å². The van der Waals surface area contributed by atoms with Gasteiger partial charge in [0.05, 0.1) is 0 Å². The van der Waals surface area contributed by atoms with E-state index in [1.54, 1.807) is 12.3 Å². The Morgan fingerprint density at radius 1 is 1.57 bits per heavy atom. The largest absolute Gasteiger partial charge is 0.330 e. The SMILES string of the molecule is N#Cc1cc(CNCCCN)ccn1. The van der Waals surface area contributed by atoms with Crippen LogP contribution in [0.2, 0.25) is 0 Å². The Morgan fingerprint density at radius 3 is 3.14 bits per heavy atom. The van der Waals surface area contributed by atoms with Gasteiger partial charge in [0.25, 0.3) is 0 Å². The maximum absolute atomic E-state index is 8.62. The number of nitriles is 1. The van der Waals surface area contributed by atoms with Gasteiger partial charge < -0.3 is 11.1 Å². The molecule has 0 atom stereocenters. The van der Waals surface area contributed by atoms with Crippen molar-refractivity contribution in [2.24, 2.45) is 5.73 Å². The van der Waals surface area contributed by atoms with Gasteiger partial charge in [0.15, 0.2) is 0 Å². The van der Waals surface area contributed by atoms with E-state index >= 15 is 0 Å². The molecule has 74 valence electrons. The Kier molecular flexibility index (Phi) is 4.62. The molecule has 4 heteroatoms. The van der Waals surface area contributed by atoms with E-state index < -0.39 is 0 Å². The Labute approximate surface area is 83.8 Å². The fraction of sp³-hybridized carbons (Fsp3) is 0.400. The number of hydrogen-bond acceptors (Lipinski definition) is 4. The van der Waals surface area contributed by atoms with Crippen molar-refractivity contribution in [1.29, 1.82) is 5.26 Å². The van der Waals surface area contributed by atoms with Crippen LogP contribution in [0.15, 0.2) is 18.3 Å². The van der Waals surface area contributed by atoms with E-state index in [4.69, 9.17) is 11.0 Å². The Bertz CT molecular complexity index is 316. The van der Waals surface area contributed by atoms with E-state index in [1.807, 2.05) is 12.1 Å². The number of rotatable bonds is 5. The second-order valence-corrected chi connectivity index (χ2v) is 2.98. The first kappa shape index (κ1) is 10.6. The Hall–Kier alpha value is -1.44. The van der Waals surface area contributed by atoms with E-state index in [1.165, 1.54) is 0 Å². The zero-order chi connectivity index (χ0) is 10.2. The van der Waals surface area contributed by atoms with Crippen molar-refractivity contribution in [3.05, 3.63) is 29.6 Å². The average molecular weight is 190 g/mol. The third-order valence-corrected chi connectivity index (χ3v) is 1.83. The van der Waals surface area contributed by atoms with E-state index in [-0.39, 0.29) is 0 Å². The van der Waals surface area contributed by atoms with Crippen LogP contribution in [0, 0.1) is 11.3 Å². The number of pyridine rings is 1. The monoisotopic (exact) mass is 190 g/mol. The maximum atomic E-state index is 8.62. The lowest BCUT2D eigenvalue weighted by molar-refractivity contribution is 0.655. The lowest BCUT2D eigenvalue weighted by atomic mass is 10.2. The summed E-state index contributed by atoms with van der Waals surface area (Å²) in [6.45, 7) is 2.37. The number of aromatic nitrogens is 1. The highest BCUT2D eigenvalue weighted by molar-refractivity contribution is 5.25. The molecule has 1 heterocycles. The van der Waals surface area contributed by atoms with Crippen LogP contribution in [0.1, 0.15) is 17.7 Å². The van der Waals surface area contributed by atoms with Crippen molar-refractivity contribution in [3.8, 4) is 6.07 Å². The minimum absolute atomic E-state index is 0.461. The summed E-state index contributed by atoms with van der Waals surface area (Å²) in [7, 11) is 0. The van der Waals surface area contributed by atoms with Crippen LogP contribution < -0.4 is 11.1 Å². The highest BCUT2D eigenvalue weighted by Gasteiger charge is 1.95. The molecule has 3 N–H and O–H groups in total. The summed E-state index contributed by atoms with van der Waals surface area (Å²) in [4.78, 5) is 3.89. The van der Waals surface area contributed by atoms with Crippen molar-refractivity contribution in [3.63, 3.8) is 0 Å². The third-order valence-electron chi connectivity index (χ3n) is 1.83. The quantitative estimate of drug-likeness (QED) is 0.659. The predicted octanol–water partition coefficient (Wildman–Crippen LogP) is 0.392. The molecular weight excluding hydrogens is 176 g/mol. The van der Waals surface area contributed by atoms with E-state index in [0.29, 0.717) is 12.2 Å².